The predicted molar refractivity (Wildman–Crippen MR) is 57.5 cm³/mol. The highest BCUT2D eigenvalue weighted by atomic mass is 28.3. The summed E-state index contributed by atoms with van der Waals surface area (Å²) in [5, 5.41) is 1.59. The van der Waals surface area contributed by atoms with Crippen molar-refractivity contribution < 1.29 is 0 Å². The van der Waals surface area contributed by atoms with E-state index in [4.69, 9.17) is 0 Å². The zero-order valence-corrected chi connectivity index (χ0v) is 9.22. The minimum absolute atomic E-state index is 0.217. The Balaban J connectivity index is 2.80. The number of hydrogen-bond donors (Lipinski definition) is 0. The van der Waals surface area contributed by atoms with Gasteiger partial charge in [0.25, 0.3) is 0 Å². The second kappa shape index (κ2) is 4.46. The minimum atomic E-state index is -0.217. The first-order valence-corrected chi connectivity index (χ1v) is 6.61. The number of rotatable bonds is 3. The highest BCUT2D eigenvalue weighted by Gasteiger charge is 2.23. The molecule has 0 saturated heterocycles. The second-order valence-electron chi connectivity index (χ2n) is 3.18. The Morgan fingerprint density at radius 2 is 1.50 bits per heavy atom. The van der Waals surface area contributed by atoms with Crippen molar-refractivity contribution in [2.75, 3.05) is 0 Å². The van der Waals surface area contributed by atoms with Gasteiger partial charge < -0.3 is 0 Å². The Bertz CT molecular complexity index is 221. The van der Waals surface area contributed by atoms with Gasteiger partial charge >= 0.3 is 8.80 Å². The van der Waals surface area contributed by atoms with E-state index in [2.05, 4.69) is 45.0 Å². The van der Waals surface area contributed by atoms with Crippen LogP contribution >= 0.6 is 0 Å². The van der Waals surface area contributed by atoms with Crippen LogP contribution in [0.1, 0.15) is 19.4 Å². The van der Waals surface area contributed by atoms with Gasteiger partial charge in [-0.1, -0.05) is 17.7 Å². The van der Waals surface area contributed by atoms with Crippen LogP contribution < -0.4 is 5.19 Å². The van der Waals surface area contributed by atoms with Crippen molar-refractivity contribution >= 4 is 14.0 Å². The van der Waals surface area contributed by atoms with E-state index in [0.717, 1.165) is 0 Å². The average molecular weight is 177 g/mol. The largest absolute Gasteiger partial charge is 0.351 e. The molecular weight excluding hydrogens is 160 g/mol. The molecule has 0 N–H and O–H groups in total. The van der Waals surface area contributed by atoms with E-state index in [1.165, 1.54) is 17.7 Å². The third kappa shape index (κ3) is 2.21. The predicted octanol–water partition coefficient (Wildman–Crippen LogP) is 2.74. The molecular formula is C11H17Si+. The van der Waals surface area contributed by atoms with Crippen LogP contribution in [0.5, 0.6) is 0 Å². The van der Waals surface area contributed by atoms with Gasteiger partial charge in [0.15, 0.2) is 0 Å². The summed E-state index contributed by atoms with van der Waals surface area (Å²) in [5.41, 5.74) is 1.37. The van der Waals surface area contributed by atoms with Crippen molar-refractivity contribution in [1.82, 2.24) is 0 Å². The summed E-state index contributed by atoms with van der Waals surface area (Å²) in [6.45, 7) is 6.75. The standard InChI is InChI=1S/C11H17Si/c1-4-12(5-2)11-8-6-10(3)7-9-11/h6-9H,4-5H2,1-3H3/q+1. The lowest BCUT2D eigenvalue weighted by Crippen LogP contribution is -2.27. The maximum atomic E-state index is 2.30. The van der Waals surface area contributed by atoms with Crippen LogP contribution in [-0.2, 0) is 0 Å². The summed E-state index contributed by atoms with van der Waals surface area (Å²) in [5.74, 6) is 0. The van der Waals surface area contributed by atoms with E-state index in [0.29, 0.717) is 0 Å². The SMILES string of the molecule is CC[Si+](CC)c1ccc(C)cc1. The summed E-state index contributed by atoms with van der Waals surface area (Å²) in [6, 6.07) is 11.8. The van der Waals surface area contributed by atoms with Crippen molar-refractivity contribution in [3.05, 3.63) is 29.8 Å². The van der Waals surface area contributed by atoms with E-state index < -0.39 is 0 Å². The molecule has 64 valence electrons. The lowest BCUT2D eigenvalue weighted by atomic mass is 10.2. The molecule has 0 aromatic heterocycles. The molecule has 0 aliphatic heterocycles. The quantitative estimate of drug-likeness (QED) is 0.623. The Labute approximate surface area is 77.2 Å². The van der Waals surface area contributed by atoms with Crippen molar-refractivity contribution in [1.29, 1.82) is 0 Å². The molecule has 0 atom stereocenters. The molecule has 0 saturated carbocycles. The molecule has 0 radical (unpaired) electrons. The lowest BCUT2D eigenvalue weighted by Gasteiger charge is -1.97. The van der Waals surface area contributed by atoms with Crippen LogP contribution in [0, 0.1) is 6.92 Å². The van der Waals surface area contributed by atoms with Gasteiger partial charge in [-0.2, -0.15) is 0 Å². The molecule has 0 nitrogen and oxygen atoms in total. The first kappa shape index (κ1) is 9.52. The summed E-state index contributed by atoms with van der Waals surface area (Å²) in [6.07, 6.45) is 0. The monoisotopic (exact) mass is 177 g/mol. The Kier molecular flexibility index (Phi) is 3.54. The first-order valence-electron chi connectivity index (χ1n) is 4.69. The molecule has 0 bridgehead atoms. The molecule has 0 amide bonds. The van der Waals surface area contributed by atoms with Crippen molar-refractivity contribution in [3.8, 4) is 0 Å². The molecule has 0 spiro atoms. The van der Waals surface area contributed by atoms with Gasteiger partial charge in [0.2, 0.25) is 0 Å². The fourth-order valence-corrected chi connectivity index (χ4v) is 3.40. The molecule has 0 fully saturated rings. The highest BCUT2D eigenvalue weighted by molar-refractivity contribution is 6.73. The van der Waals surface area contributed by atoms with Gasteiger partial charge in [-0.05, 0) is 32.9 Å². The van der Waals surface area contributed by atoms with E-state index in [1.807, 2.05) is 0 Å². The summed E-state index contributed by atoms with van der Waals surface area (Å²) in [7, 11) is -0.217. The molecule has 0 aliphatic carbocycles. The maximum Gasteiger partial charge on any atom is 0.351 e. The fraction of sp³-hybridized carbons (Fsp3) is 0.455. The first-order chi connectivity index (χ1) is 5.77. The van der Waals surface area contributed by atoms with Crippen LogP contribution in [0.2, 0.25) is 12.1 Å². The minimum Gasteiger partial charge on any atom is -0.0564 e. The van der Waals surface area contributed by atoms with Crippen LogP contribution in [0.25, 0.3) is 0 Å². The third-order valence-corrected chi connectivity index (χ3v) is 5.17. The summed E-state index contributed by atoms with van der Waals surface area (Å²) >= 11 is 0. The van der Waals surface area contributed by atoms with Crippen molar-refractivity contribution in [2.24, 2.45) is 0 Å². The normalized spacial score (nSPS) is 9.92. The third-order valence-electron chi connectivity index (χ3n) is 2.31. The van der Waals surface area contributed by atoms with E-state index in [9.17, 15) is 0 Å². The molecule has 1 heteroatoms. The van der Waals surface area contributed by atoms with Crippen LogP contribution in [-0.4, -0.2) is 8.80 Å². The Morgan fingerprint density at radius 3 is 1.92 bits per heavy atom. The zero-order valence-electron chi connectivity index (χ0n) is 8.22. The van der Waals surface area contributed by atoms with Gasteiger partial charge in [0, 0.05) is 0 Å². The van der Waals surface area contributed by atoms with E-state index in [-0.39, 0.29) is 8.80 Å². The molecule has 1 rings (SSSR count). The lowest BCUT2D eigenvalue weighted by molar-refractivity contribution is 1.33. The maximum absolute atomic E-state index is 2.30. The van der Waals surface area contributed by atoms with E-state index >= 15 is 0 Å². The Morgan fingerprint density at radius 1 is 1.00 bits per heavy atom. The molecule has 0 heterocycles. The second-order valence-corrected chi connectivity index (χ2v) is 6.38. The molecule has 12 heavy (non-hydrogen) atoms. The molecule has 1 aromatic rings. The topological polar surface area (TPSA) is 0 Å². The molecule has 0 unspecified atom stereocenters. The van der Waals surface area contributed by atoms with Gasteiger partial charge in [-0.25, -0.2) is 0 Å². The van der Waals surface area contributed by atoms with Gasteiger partial charge in [0.05, 0.1) is 17.3 Å². The average Bonchev–Trinajstić information content (AvgIpc) is 2.10. The Hall–Kier alpha value is -0.563. The summed E-state index contributed by atoms with van der Waals surface area (Å²) in [4.78, 5) is 0. The van der Waals surface area contributed by atoms with Crippen LogP contribution in [0.15, 0.2) is 24.3 Å². The summed E-state index contributed by atoms with van der Waals surface area (Å²) < 4.78 is 0. The fourth-order valence-electron chi connectivity index (χ4n) is 1.45. The van der Waals surface area contributed by atoms with Gasteiger partial charge in [-0.3, -0.25) is 0 Å². The van der Waals surface area contributed by atoms with Gasteiger partial charge in [0.1, 0.15) is 0 Å². The number of benzene rings is 1. The van der Waals surface area contributed by atoms with Crippen molar-refractivity contribution in [2.45, 2.75) is 32.9 Å². The zero-order chi connectivity index (χ0) is 8.97. The van der Waals surface area contributed by atoms with Crippen molar-refractivity contribution in [3.63, 3.8) is 0 Å². The number of aryl methyl sites for hydroxylation is 1. The van der Waals surface area contributed by atoms with E-state index in [1.54, 1.807) is 5.19 Å². The highest BCUT2D eigenvalue weighted by Crippen LogP contribution is 2.01. The smallest absolute Gasteiger partial charge is 0.0564 e. The van der Waals surface area contributed by atoms with Gasteiger partial charge in [-0.15, -0.1) is 0 Å². The molecule has 0 aliphatic rings. The molecule has 1 aromatic carbocycles. The van der Waals surface area contributed by atoms with Crippen LogP contribution in [0.3, 0.4) is 0 Å². The van der Waals surface area contributed by atoms with Crippen LogP contribution in [0.4, 0.5) is 0 Å². The number of hydrogen-bond acceptors (Lipinski definition) is 0.